The normalized spacial score (nSPS) is 15.8. The van der Waals surface area contributed by atoms with Gasteiger partial charge >= 0.3 is 6.18 Å². The van der Waals surface area contributed by atoms with Crippen LogP contribution in [0.1, 0.15) is 17.6 Å². The lowest BCUT2D eigenvalue weighted by Crippen LogP contribution is -2.52. The van der Waals surface area contributed by atoms with Crippen LogP contribution in [0.15, 0.2) is 40.7 Å². The standard InChI is InChI=1S/C19H24F3N5S/c1-2-23-18(24-9-8-17-25-16(14-28-17)19(20,21)22)27-12-10-26(11-13-27)15-6-4-3-5-7-15/h3-7,14H,2,8-13H2,1H3,(H,23,24). The molecule has 0 aliphatic carbocycles. The summed E-state index contributed by atoms with van der Waals surface area (Å²) >= 11 is 1.03. The van der Waals surface area contributed by atoms with Gasteiger partial charge in [0.25, 0.3) is 0 Å². The highest BCUT2D eigenvalue weighted by Crippen LogP contribution is 2.30. The van der Waals surface area contributed by atoms with Gasteiger partial charge in [0, 0.05) is 56.8 Å². The van der Waals surface area contributed by atoms with E-state index < -0.39 is 11.9 Å². The molecule has 0 saturated carbocycles. The van der Waals surface area contributed by atoms with Gasteiger partial charge in [0.05, 0.1) is 5.01 Å². The van der Waals surface area contributed by atoms with Gasteiger partial charge in [-0.3, -0.25) is 4.99 Å². The lowest BCUT2D eigenvalue weighted by Gasteiger charge is -2.37. The minimum atomic E-state index is -4.38. The number of nitrogens with one attached hydrogen (secondary N) is 1. The fourth-order valence-electron chi connectivity index (χ4n) is 3.05. The maximum atomic E-state index is 12.6. The third-order valence-electron chi connectivity index (χ3n) is 4.46. The van der Waals surface area contributed by atoms with Crippen LogP contribution in [-0.2, 0) is 12.6 Å². The number of guanidine groups is 1. The van der Waals surface area contributed by atoms with Crippen molar-refractivity contribution in [3.05, 3.63) is 46.4 Å². The molecule has 1 aliphatic rings. The van der Waals surface area contributed by atoms with Crippen molar-refractivity contribution in [2.24, 2.45) is 4.99 Å². The highest BCUT2D eigenvalue weighted by molar-refractivity contribution is 7.09. The molecule has 3 rings (SSSR count). The Bertz CT molecular complexity index is 767. The summed E-state index contributed by atoms with van der Waals surface area (Å²) < 4.78 is 37.9. The second-order valence-corrected chi connectivity index (χ2v) is 7.36. The number of halogens is 3. The molecule has 1 N–H and O–H groups in total. The number of benzene rings is 1. The molecule has 1 saturated heterocycles. The Labute approximate surface area is 166 Å². The Morgan fingerprint density at radius 3 is 2.50 bits per heavy atom. The van der Waals surface area contributed by atoms with Gasteiger partial charge in [-0.25, -0.2) is 4.98 Å². The Balaban J connectivity index is 1.55. The van der Waals surface area contributed by atoms with Gasteiger partial charge in [-0.15, -0.1) is 11.3 Å². The molecule has 0 amide bonds. The first-order valence-electron chi connectivity index (χ1n) is 9.32. The second kappa shape index (κ2) is 9.27. The largest absolute Gasteiger partial charge is 0.434 e. The quantitative estimate of drug-likeness (QED) is 0.604. The molecule has 152 valence electrons. The molecule has 2 aromatic rings. The molecule has 1 fully saturated rings. The average molecular weight is 411 g/mol. The number of hydrogen-bond acceptors (Lipinski definition) is 4. The van der Waals surface area contributed by atoms with Gasteiger partial charge in [0.2, 0.25) is 0 Å². The van der Waals surface area contributed by atoms with Crippen molar-refractivity contribution in [2.45, 2.75) is 19.5 Å². The van der Waals surface area contributed by atoms with Crippen molar-refractivity contribution < 1.29 is 13.2 Å². The van der Waals surface area contributed by atoms with Crippen LogP contribution in [0.2, 0.25) is 0 Å². The zero-order valence-corrected chi connectivity index (χ0v) is 16.6. The van der Waals surface area contributed by atoms with Gasteiger partial charge in [0.1, 0.15) is 0 Å². The number of piperazine rings is 1. The third kappa shape index (κ3) is 5.37. The SMILES string of the molecule is CCNC(=NCCc1nc(C(F)(F)F)cs1)N1CCN(c2ccccc2)CC1. The van der Waals surface area contributed by atoms with E-state index in [-0.39, 0.29) is 0 Å². The first kappa shape index (κ1) is 20.4. The van der Waals surface area contributed by atoms with Gasteiger partial charge in [-0.05, 0) is 19.1 Å². The van der Waals surface area contributed by atoms with Gasteiger partial charge in [-0.2, -0.15) is 13.2 Å². The van der Waals surface area contributed by atoms with Crippen LogP contribution in [0.4, 0.5) is 18.9 Å². The molecule has 0 unspecified atom stereocenters. The van der Waals surface area contributed by atoms with Crippen molar-refractivity contribution >= 4 is 23.0 Å². The Kier molecular flexibility index (Phi) is 6.77. The number of nitrogens with zero attached hydrogens (tertiary/aromatic N) is 4. The van der Waals surface area contributed by atoms with Crippen LogP contribution in [0.3, 0.4) is 0 Å². The van der Waals surface area contributed by atoms with Crippen LogP contribution >= 0.6 is 11.3 Å². The van der Waals surface area contributed by atoms with E-state index >= 15 is 0 Å². The van der Waals surface area contributed by atoms with E-state index in [0.717, 1.165) is 55.4 Å². The van der Waals surface area contributed by atoms with Crippen LogP contribution in [-0.4, -0.2) is 55.1 Å². The number of para-hydroxylation sites is 1. The van der Waals surface area contributed by atoms with E-state index in [1.807, 2.05) is 25.1 Å². The van der Waals surface area contributed by atoms with E-state index in [1.165, 1.54) is 5.69 Å². The zero-order valence-electron chi connectivity index (χ0n) is 15.7. The van der Waals surface area contributed by atoms with Crippen LogP contribution in [0, 0.1) is 0 Å². The maximum Gasteiger partial charge on any atom is 0.434 e. The second-order valence-electron chi connectivity index (χ2n) is 6.42. The number of thiazole rings is 1. The van der Waals surface area contributed by atoms with Crippen molar-refractivity contribution in [1.29, 1.82) is 0 Å². The number of rotatable bonds is 5. The number of aliphatic imine (C=N–C) groups is 1. The van der Waals surface area contributed by atoms with E-state index in [1.54, 1.807) is 0 Å². The fourth-order valence-corrected chi connectivity index (χ4v) is 3.85. The van der Waals surface area contributed by atoms with Crippen molar-refractivity contribution in [2.75, 3.05) is 44.2 Å². The Morgan fingerprint density at radius 1 is 1.18 bits per heavy atom. The van der Waals surface area contributed by atoms with Gasteiger partial charge < -0.3 is 15.1 Å². The van der Waals surface area contributed by atoms with Crippen molar-refractivity contribution in [3.63, 3.8) is 0 Å². The molecule has 0 bridgehead atoms. The van der Waals surface area contributed by atoms with E-state index in [4.69, 9.17) is 0 Å². The summed E-state index contributed by atoms with van der Waals surface area (Å²) in [4.78, 5) is 12.8. The molecule has 0 spiro atoms. The monoisotopic (exact) mass is 411 g/mol. The molecule has 2 heterocycles. The molecule has 0 radical (unpaired) electrons. The molecular formula is C19H24F3N5S. The van der Waals surface area contributed by atoms with Crippen LogP contribution < -0.4 is 10.2 Å². The summed E-state index contributed by atoms with van der Waals surface area (Å²) in [7, 11) is 0. The minimum absolute atomic E-state index is 0.402. The molecular weight excluding hydrogens is 387 g/mol. The molecule has 5 nitrogen and oxygen atoms in total. The average Bonchev–Trinajstić information content (AvgIpc) is 3.18. The summed E-state index contributed by atoms with van der Waals surface area (Å²) in [6, 6.07) is 10.3. The van der Waals surface area contributed by atoms with Crippen LogP contribution in [0.25, 0.3) is 0 Å². The minimum Gasteiger partial charge on any atom is -0.368 e. The summed E-state index contributed by atoms with van der Waals surface area (Å²) in [6.07, 6.45) is -3.98. The summed E-state index contributed by atoms with van der Waals surface area (Å²) in [6.45, 7) is 6.64. The van der Waals surface area contributed by atoms with Crippen molar-refractivity contribution in [1.82, 2.24) is 15.2 Å². The highest BCUT2D eigenvalue weighted by atomic mass is 32.1. The molecule has 1 aromatic carbocycles. The predicted octanol–water partition coefficient (Wildman–Crippen LogP) is 3.49. The topological polar surface area (TPSA) is 43.8 Å². The highest BCUT2D eigenvalue weighted by Gasteiger charge is 2.33. The van der Waals surface area contributed by atoms with Gasteiger partial charge in [-0.1, -0.05) is 18.2 Å². The summed E-state index contributed by atoms with van der Waals surface area (Å²) in [5.74, 6) is 0.808. The number of aromatic nitrogens is 1. The fraction of sp³-hybridized carbons (Fsp3) is 0.474. The predicted molar refractivity (Wildman–Crippen MR) is 107 cm³/mol. The molecule has 1 aliphatic heterocycles. The maximum absolute atomic E-state index is 12.6. The first-order chi connectivity index (χ1) is 13.5. The lowest BCUT2D eigenvalue weighted by molar-refractivity contribution is -0.140. The molecule has 1 aromatic heterocycles. The van der Waals surface area contributed by atoms with E-state index in [2.05, 4.69) is 37.2 Å². The Morgan fingerprint density at radius 2 is 1.89 bits per heavy atom. The number of anilines is 1. The summed E-state index contributed by atoms with van der Waals surface area (Å²) in [5, 5.41) is 4.80. The first-order valence-corrected chi connectivity index (χ1v) is 10.2. The number of hydrogen-bond donors (Lipinski definition) is 1. The molecule has 28 heavy (non-hydrogen) atoms. The van der Waals surface area contributed by atoms with Crippen LogP contribution in [0.5, 0.6) is 0 Å². The number of alkyl halides is 3. The third-order valence-corrected chi connectivity index (χ3v) is 5.37. The van der Waals surface area contributed by atoms with Gasteiger partial charge in [0.15, 0.2) is 11.7 Å². The summed E-state index contributed by atoms with van der Waals surface area (Å²) in [5.41, 5.74) is 0.397. The molecule has 9 heteroatoms. The lowest BCUT2D eigenvalue weighted by atomic mass is 10.2. The van der Waals surface area contributed by atoms with Crippen molar-refractivity contribution in [3.8, 4) is 0 Å². The Hall–Kier alpha value is -2.29. The zero-order chi connectivity index (χ0) is 20.0. The smallest absolute Gasteiger partial charge is 0.368 e. The van der Waals surface area contributed by atoms with E-state index in [0.29, 0.717) is 18.0 Å². The van der Waals surface area contributed by atoms with E-state index in [9.17, 15) is 13.2 Å². The molecule has 0 atom stereocenters.